The average molecular weight is 638 g/mol. The number of aromatic nitrogens is 3. The second kappa shape index (κ2) is 12.7. The minimum absolute atomic E-state index is 0.708. The first-order valence-electron chi connectivity index (χ1n) is 16.9. The molecular formula is C47H31N3. The van der Waals surface area contributed by atoms with Crippen molar-refractivity contribution in [2.24, 2.45) is 0 Å². The van der Waals surface area contributed by atoms with E-state index in [1.807, 2.05) is 48.7 Å². The van der Waals surface area contributed by atoms with Gasteiger partial charge in [-0.1, -0.05) is 170 Å². The van der Waals surface area contributed by atoms with Gasteiger partial charge in [-0.25, -0.2) is 9.97 Å². The first kappa shape index (κ1) is 29.4. The Morgan fingerprint density at radius 2 is 0.800 bits per heavy atom. The van der Waals surface area contributed by atoms with Crippen molar-refractivity contribution in [3.05, 3.63) is 188 Å². The van der Waals surface area contributed by atoms with E-state index in [4.69, 9.17) is 9.97 Å². The van der Waals surface area contributed by atoms with Crippen LogP contribution in [-0.4, -0.2) is 15.0 Å². The first-order chi connectivity index (χ1) is 24.8. The van der Waals surface area contributed by atoms with E-state index < -0.39 is 0 Å². The third-order valence-electron chi connectivity index (χ3n) is 9.38. The molecule has 7 aromatic carbocycles. The Labute approximate surface area is 291 Å². The normalized spacial score (nSPS) is 11.2. The van der Waals surface area contributed by atoms with Crippen molar-refractivity contribution < 1.29 is 0 Å². The molecule has 0 bridgehead atoms. The van der Waals surface area contributed by atoms with Gasteiger partial charge in [0, 0.05) is 33.8 Å². The lowest BCUT2D eigenvalue weighted by atomic mass is 9.91. The largest absolute Gasteiger partial charge is 0.256 e. The molecule has 0 spiro atoms. The zero-order chi connectivity index (χ0) is 33.3. The van der Waals surface area contributed by atoms with Crippen LogP contribution in [-0.2, 0) is 0 Å². The van der Waals surface area contributed by atoms with Crippen LogP contribution >= 0.6 is 0 Å². The Morgan fingerprint density at radius 1 is 0.320 bits per heavy atom. The van der Waals surface area contributed by atoms with Gasteiger partial charge in [-0.15, -0.1) is 0 Å². The van der Waals surface area contributed by atoms with E-state index in [1.165, 1.54) is 27.5 Å². The van der Waals surface area contributed by atoms with Crippen LogP contribution in [0, 0.1) is 0 Å². The van der Waals surface area contributed by atoms with E-state index in [2.05, 4.69) is 145 Å². The van der Waals surface area contributed by atoms with Crippen LogP contribution in [0.4, 0.5) is 0 Å². The van der Waals surface area contributed by atoms with E-state index in [-0.39, 0.29) is 0 Å². The predicted octanol–water partition coefficient (Wildman–Crippen LogP) is 12.2. The van der Waals surface area contributed by atoms with E-state index in [1.54, 1.807) is 0 Å². The molecule has 0 fully saturated rings. The molecule has 0 saturated carbocycles. The molecule has 3 nitrogen and oxygen atoms in total. The van der Waals surface area contributed by atoms with Gasteiger partial charge in [0.15, 0.2) is 5.82 Å². The van der Waals surface area contributed by atoms with E-state index >= 15 is 0 Å². The number of fused-ring (bicyclic) bond motifs is 2. The van der Waals surface area contributed by atoms with Gasteiger partial charge in [-0.3, -0.25) is 4.98 Å². The molecule has 234 valence electrons. The molecule has 0 atom stereocenters. The fourth-order valence-corrected chi connectivity index (χ4v) is 6.86. The Balaban J connectivity index is 1.07. The van der Waals surface area contributed by atoms with Crippen molar-refractivity contribution in [1.29, 1.82) is 0 Å². The zero-order valence-corrected chi connectivity index (χ0v) is 27.2. The van der Waals surface area contributed by atoms with Gasteiger partial charge in [0.25, 0.3) is 0 Å². The van der Waals surface area contributed by atoms with Gasteiger partial charge in [-0.05, 0) is 50.7 Å². The summed E-state index contributed by atoms with van der Waals surface area (Å²) in [6.07, 6.45) is 1.86. The lowest BCUT2D eigenvalue weighted by molar-refractivity contribution is 1.18. The van der Waals surface area contributed by atoms with Crippen LogP contribution in [0.15, 0.2) is 188 Å². The standard InChI is InChI=1S/C47H31N3/c1-3-11-35(12-4-1)44-31-45(36-13-5-2-6-14-36)50-47(49-44)38-26-24-33(25-27-38)40-29-28-39(42-17-7-8-18-43(40)42)32-20-22-34(23-21-32)41-19-9-15-37-16-10-30-48-46(37)41/h1-31H. The molecule has 9 aromatic rings. The highest BCUT2D eigenvalue weighted by Gasteiger charge is 2.13. The van der Waals surface area contributed by atoms with Crippen LogP contribution in [0.1, 0.15) is 0 Å². The van der Waals surface area contributed by atoms with Crippen molar-refractivity contribution in [3.63, 3.8) is 0 Å². The number of hydrogen-bond donors (Lipinski definition) is 0. The summed E-state index contributed by atoms with van der Waals surface area (Å²) in [4.78, 5) is 14.7. The second-order valence-corrected chi connectivity index (χ2v) is 12.4. The van der Waals surface area contributed by atoms with E-state index in [0.717, 1.165) is 55.7 Å². The molecule has 0 aliphatic carbocycles. The maximum Gasteiger partial charge on any atom is 0.160 e. The summed E-state index contributed by atoms with van der Waals surface area (Å²) in [6, 6.07) is 63.8. The lowest BCUT2D eigenvalue weighted by Crippen LogP contribution is -1.96. The molecule has 2 heterocycles. The van der Waals surface area contributed by atoms with Crippen molar-refractivity contribution in [2.45, 2.75) is 0 Å². The quantitative estimate of drug-likeness (QED) is 0.182. The summed E-state index contributed by atoms with van der Waals surface area (Å²) in [5, 5.41) is 3.59. The maximum atomic E-state index is 5.02. The van der Waals surface area contributed by atoms with Crippen LogP contribution in [0.25, 0.3) is 89.0 Å². The van der Waals surface area contributed by atoms with Crippen LogP contribution in [0.3, 0.4) is 0 Å². The van der Waals surface area contributed by atoms with Crippen molar-refractivity contribution in [3.8, 4) is 67.3 Å². The number of para-hydroxylation sites is 1. The SMILES string of the molecule is c1ccc(-c2cc(-c3ccccc3)nc(-c3ccc(-c4ccc(-c5ccc(-c6cccc7cccnc67)cc5)c5ccccc45)cc3)n2)cc1. The molecular weight excluding hydrogens is 607 g/mol. The molecule has 2 aromatic heterocycles. The summed E-state index contributed by atoms with van der Waals surface area (Å²) in [5.41, 5.74) is 13.0. The predicted molar refractivity (Wildman–Crippen MR) is 207 cm³/mol. The van der Waals surface area contributed by atoms with Crippen LogP contribution in [0.5, 0.6) is 0 Å². The molecule has 0 N–H and O–H groups in total. The highest BCUT2D eigenvalue weighted by molar-refractivity contribution is 6.05. The Morgan fingerprint density at radius 3 is 1.36 bits per heavy atom. The summed E-state index contributed by atoms with van der Waals surface area (Å²) < 4.78 is 0. The maximum absolute atomic E-state index is 5.02. The topological polar surface area (TPSA) is 38.7 Å². The number of rotatable bonds is 6. The van der Waals surface area contributed by atoms with Crippen molar-refractivity contribution >= 4 is 21.7 Å². The molecule has 9 rings (SSSR count). The molecule has 0 saturated heterocycles. The molecule has 0 aliphatic rings. The van der Waals surface area contributed by atoms with Gasteiger partial charge >= 0.3 is 0 Å². The Hall–Kier alpha value is -6.71. The highest BCUT2D eigenvalue weighted by Crippen LogP contribution is 2.38. The summed E-state index contributed by atoms with van der Waals surface area (Å²) >= 11 is 0. The zero-order valence-electron chi connectivity index (χ0n) is 27.2. The number of hydrogen-bond acceptors (Lipinski definition) is 3. The molecule has 3 heteroatoms. The third kappa shape index (κ3) is 5.51. The van der Waals surface area contributed by atoms with Gasteiger partial charge in [-0.2, -0.15) is 0 Å². The molecule has 0 amide bonds. The van der Waals surface area contributed by atoms with E-state index in [0.29, 0.717) is 5.82 Å². The fraction of sp³-hybridized carbons (Fsp3) is 0. The van der Waals surface area contributed by atoms with Crippen molar-refractivity contribution in [2.75, 3.05) is 0 Å². The molecule has 0 radical (unpaired) electrons. The first-order valence-corrected chi connectivity index (χ1v) is 16.9. The second-order valence-electron chi connectivity index (χ2n) is 12.4. The van der Waals surface area contributed by atoms with Gasteiger partial charge in [0.05, 0.1) is 16.9 Å². The monoisotopic (exact) mass is 637 g/mol. The number of pyridine rings is 1. The molecule has 0 aliphatic heterocycles. The number of nitrogens with zero attached hydrogens (tertiary/aromatic N) is 3. The van der Waals surface area contributed by atoms with E-state index in [9.17, 15) is 0 Å². The van der Waals surface area contributed by atoms with Crippen LogP contribution in [0.2, 0.25) is 0 Å². The fourth-order valence-electron chi connectivity index (χ4n) is 6.86. The Bertz CT molecular complexity index is 2550. The third-order valence-corrected chi connectivity index (χ3v) is 9.38. The molecule has 0 unspecified atom stereocenters. The number of benzene rings is 7. The summed E-state index contributed by atoms with van der Waals surface area (Å²) in [5.74, 6) is 0.708. The van der Waals surface area contributed by atoms with Gasteiger partial charge < -0.3 is 0 Å². The highest BCUT2D eigenvalue weighted by atomic mass is 14.9. The summed E-state index contributed by atoms with van der Waals surface area (Å²) in [7, 11) is 0. The molecule has 50 heavy (non-hydrogen) atoms. The van der Waals surface area contributed by atoms with Crippen LogP contribution < -0.4 is 0 Å². The minimum atomic E-state index is 0.708. The van der Waals surface area contributed by atoms with Gasteiger partial charge in [0.2, 0.25) is 0 Å². The average Bonchev–Trinajstić information content (AvgIpc) is 3.21. The lowest BCUT2D eigenvalue weighted by Gasteiger charge is -2.14. The minimum Gasteiger partial charge on any atom is -0.256 e. The van der Waals surface area contributed by atoms with Crippen molar-refractivity contribution in [1.82, 2.24) is 15.0 Å². The Kier molecular flexibility index (Phi) is 7.49. The summed E-state index contributed by atoms with van der Waals surface area (Å²) in [6.45, 7) is 0. The smallest absolute Gasteiger partial charge is 0.160 e. The van der Waals surface area contributed by atoms with Gasteiger partial charge in [0.1, 0.15) is 0 Å².